The molecule has 0 radical (unpaired) electrons. The van der Waals surface area contributed by atoms with Gasteiger partial charge in [-0.3, -0.25) is 9.97 Å². The molecule has 2 rings (SSSR count). The maximum atomic E-state index is 8.99. The summed E-state index contributed by atoms with van der Waals surface area (Å²) in [6.07, 6.45) is 0. The Kier molecular flexibility index (Phi) is 4.97. The molecule has 2 heterocycles. The molecule has 2 aromatic rings. The van der Waals surface area contributed by atoms with Gasteiger partial charge in [0.2, 0.25) is 0 Å². The predicted octanol–water partition coefficient (Wildman–Crippen LogP) is 1.18. The minimum Gasteiger partial charge on any atom is -0.390 e. The van der Waals surface area contributed by atoms with Crippen LogP contribution in [0.4, 0.5) is 0 Å². The Hall–Kier alpha value is -1.82. The Labute approximate surface area is 111 Å². The molecule has 2 aromatic heterocycles. The monoisotopic (exact) mass is 260 g/mol. The first-order valence-corrected chi connectivity index (χ1v) is 6.01. The molecule has 0 aliphatic heterocycles. The van der Waals surface area contributed by atoms with Gasteiger partial charge in [0, 0.05) is 0 Å². The molecule has 0 aliphatic carbocycles. The van der Waals surface area contributed by atoms with Crippen molar-refractivity contribution >= 4 is 0 Å². The van der Waals surface area contributed by atoms with Gasteiger partial charge in [-0.05, 0) is 24.3 Å². The molecule has 0 saturated heterocycles. The number of aliphatic hydroxyl groups excluding tert-OH is 2. The van der Waals surface area contributed by atoms with E-state index in [1.165, 1.54) is 0 Å². The second kappa shape index (κ2) is 6.94. The van der Waals surface area contributed by atoms with E-state index in [9.17, 15) is 0 Å². The smallest absolute Gasteiger partial charge is 0.0893 e. The van der Waals surface area contributed by atoms with Crippen LogP contribution in [0.3, 0.4) is 0 Å². The number of aliphatic hydroxyl groups is 2. The van der Waals surface area contributed by atoms with Gasteiger partial charge >= 0.3 is 0 Å². The topological polar surface area (TPSA) is 75.5 Å². The van der Waals surface area contributed by atoms with Crippen LogP contribution in [0.15, 0.2) is 36.4 Å². The molecular formula is C14H16N2O3. The first kappa shape index (κ1) is 13.6. The average molecular weight is 260 g/mol. The summed E-state index contributed by atoms with van der Waals surface area (Å²) in [5.41, 5.74) is 2.79. The highest BCUT2D eigenvalue weighted by Gasteiger charge is 2.00. The SMILES string of the molecule is OCc1cccc(COCc2cccc(CO)n2)n1. The normalized spacial score (nSPS) is 10.6. The molecule has 2 N–H and O–H groups in total. The van der Waals surface area contributed by atoms with Crippen molar-refractivity contribution in [2.45, 2.75) is 26.4 Å². The molecule has 0 amide bonds. The van der Waals surface area contributed by atoms with Crippen molar-refractivity contribution in [2.75, 3.05) is 0 Å². The van der Waals surface area contributed by atoms with Crippen molar-refractivity contribution in [1.29, 1.82) is 0 Å². The van der Waals surface area contributed by atoms with Crippen LogP contribution in [0, 0.1) is 0 Å². The van der Waals surface area contributed by atoms with E-state index in [1.807, 2.05) is 24.3 Å². The summed E-state index contributed by atoms with van der Waals surface area (Å²) in [6, 6.07) is 10.9. The lowest BCUT2D eigenvalue weighted by Crippen LogP contribution is -2.01. The number of pyridine rings is 2. The van der Waals surface area contributed by atoms with Crippen molar-refractivity contribution in [3.63, 3.8) is 0 Å². The van der Waals surface area contributed by atoms with Crippen molar-refractivity contribution < 1.29 is 14.9 Å². The highest BCUT2D eigenvalue weighted by atomic mass is 16.5. The van der Waals surface area contributed by atoms with E-state index < -0.39 is 0 Å². The Bertz CT molecular complexity index is 484. The van der Waals surface area contributed by atoms with Gasteiger partial charge in [0.25, 0.3) is 0 Å². The number of nitrogens with zero attached hydrogens (tertiary/aromatic N) is 2. The van der Waals surface area contributed by atoms with E-state index in [0.717, 1.165) is 11.4 Å². The van der Waals surface area contributed by atoms with E-state index in [0.29, 0.717) is 24.6 Å². The molecule has 0 bridgehead atoms. The molecule has 0 unspecified atom stereocenters. The maximum absolute atomic E-state index is 8.99. The van der Waals surface area contributed by atoms with Crippen LogP contribution in [0.2, 0.25) is 0 Å². The zero-order valence-corrected chi connectivity index (χ0v) is 10.5. The molecule has 5 nitrogen and oxygen atoms in total. The van der Waals surface area contributed by atoms with Crippen molar-refractivity contribution in [3.05, 3.63) is 59.2 Å². The maximum Gasteiger partial charge on any atom is 0.0893 e. The third-order valence-corrected chi connectivity index (χ3v) is 2.55. The molecule has 19 heavy (non-hydrogen) atoms. The molecule has 0 atom stereocenters. The summed E-state index contributed by atoms with van der Waals surface area (Å²) in [7, 11) is 0. The number of hydrogen-bond acceptors (Lipinski definition) is 5. The highest BCUT2D eigenvalue weighted by Crippen LogP contribution is 2.05. The highest BCUT2D eigenvalue weighted by molar-refractivity contribution is 5.11. The van der Waals surface area contributed by atoms with Crippen LogP contribution in [-0.4, -0.2) is 20.2 Å². The summed E-state index contributed by atoms with van der Waals surface area (Å²) >= 11 is 0. The molecule has 0 fully saturated rings. The van der Waals surface area contributed by atoms with Crippen molar-refractivity contribution in [2.24, 2.45) is 0 Å². The number of hydrogen-bond donors (Lipinski definition) is 2. The first-order valence-electron chi connectivity index (χ1n) is 6.01. The third-order valence-electron chi connectivity index (χ3n) is 2.55. The Morgan fingerprint density at radius 2 is 1.16 bits per heavy atom. The predicted molar refractivity (Wildman–Crippen MR) is 68.8 cm³/mol. The van der Waals surface area contributed by atoms with Crippen LogP contribution in [0.5, 0.6) is 0 Å². The zero-order chi connectivity index (χ0) is 13.5. The number of ether oxygens (including phenoxy) is 1. The van der Waals surface area contributed by atoms with Gasteiger partial charge in [0.05, 0.1) is 49.2 Å². The number of rotatable bonds is 6. The van der Waals surface area contributed by atoms with Gasteiger partial charge in [-0.1, -0.05) is 12.1 Å². The van der Waals surface area contributed by atoms with Gasteiger partial charge < -0.3 is 14.9 Å². The van der Waals surface area contributed by atoms with E-state index in [-0.39, 0.29) is 13.2 Å². The van der Waals surface area contributed by atoms with E-state index in [2.05, 4.69) is 9.97 Å². The summed E-state index contributed by atoms with van der Waals surface area (Å²) < 4.78 is 5.52. The molecular weight excluding hydrogens is 244 g/mol. The lowest BCUT2D eigenvalue weighted by atomic mass is 10.3. The standard InChI is InChI=1S/C14H16N2O3/c17-7-11-3-1-5-13(15-11)9-19-10-14-6-2-4-12(8-18)16-14/h1-6,17-18H,7-10H2. The van der Waals surface area contributed by atoms with Crippen LogP contribution >= 0.6 is 0 Å². The van der Waals surface area contributed by atoms with E-state index in [1.54, 1.807) is 12.1 Å². The van der Waals surface area contributed by atoms with Gasteiger partial charge in [-0.15, -0.1) is 0 Å². The summed E-state index contributed by atoms with van der Waals surface area (Å²) in [4.78, 5) is 8.44. The van der Waals surface area contributed by atoms with Gasteiger partial charge in [-0.25, -0.2) is 0 Å². The fourth-order valence-corrected chi connectivity index (χ4v) is 1.66. The van der Waals surface area contributed by atoms with E-state index in [4.69, 9.17) is 14.9 Å². The summed E-state index contributed by atoms with van der Waals surface area (Å²) in [5, 5.41) is 18.0. The largest absolute Gasteiger partial charge is 0.390 e. The van der Waals surface area contributed by atoms with Gasteiger partial charge in [-0.2, -0.15) is 0 Å². The Balaban J connectivity index is 1.88. The Morgan fingerprint density at radius 1 is 0.737 bits per heavy atom. The van der Waals surface area contributed by atoms with Gasteiger partial charge in [0.15, 0.2) is 0 Å². The number of aromatic nitrogens is 2. The zero-order valence-electron chi connectivity index (χ0n) is 10.5. The Morgan fingerprint density at radius 3 is 1.58 bits per heavy atom. The summed E-state index contributed by atoms with van der Waals surface area (Å²) in [6.45, 7) is 0.569. The van der Waals surface area contributed by atoms with Crippen LogP contribution < -0.4 is 0 Å². The molecule has 0 saturated carbocycles. The molecule has 100 valence electrons. The van der Waals surface area contributed by atoms with Gasteiger partial charge in [0.1, 0.15) is 0 Å². The molecule has 0 aliphatic rings. The van der Waals surface area contributed by atoms with Crippen LogP contribution in [0.25, 0.3) is 0 Å². The third kappa shape index (κ3) is 4.10. The fourth-order valence-electron chi connectivity index (χ4n) is 1.66. The minimum atomic E-state index is -0.0755. The molecule has 0 spiro atoms. The fraction of sp³-hybridized carbons (Fsp3) is 0.286. The minimum absolute atomic E-state index is 0.0755. The van der Waals surface area contributed by atoms with Crippen molar-refractivity contribution in [1.82, 2.24) is 9.97 Å². The van der Waals surface area contributed by atoms with Crippen molar-refractivity contribution in [3.8, 4) is 0 Å². The second-order valence-electron chi connectivity index (χ2n) is 4.05. The van der Waals surface area contributed by atoms with E-state index >= 15 is 0 Å². The van der Waals surface area contributed by atoms with Crippen LogP contribution in [0.1, 0.15) is 22.8 Å². The first-order chi connectivity index (χ1) is 9.31. The lowest BCUT2D eigenvalue weighted by Gasteiger charge is -2.05. The summed E-state index contributed by atoms with van der Waals surface area (Å²) in [5.74, 6) is 0. The average Bonchev–Trinajstić information content (AvgIpc) is 2.48. The van der Waals surface area contributed by atoms with Crippen LogP contribution in [-0.2, 0) is 31.2 Å². The molecule has 5 heteroatoms. The quantitative estimate of drug-likeness (QED) is 0.815. The lowest BCUT2D eigenvalue weighted by molar-refractivity contribution is 0.101. The molecule has 0 aromatic carbocycles. The second-order valence-corrected chi connectivity index (χ2v) is 4.05.